The molecule has 1 rings (SSSR count). The first kappa shape index (κ1) is 9.01. The fourth-order valence-electron chi connectivity index (χ4n) is 0.775. The van der Waals surface area contributed by atoms with Gasteiger partial charge in [-0.1, -0.05) is 27.5 Å². The van der Waals surface area contributed by atoms with E-state index in [1.807, 2.05) is 0 Å². The maximum atomic E-state index is 12.9. The normalized spacial score (nSPS) is 10.2. The van der Waals surface area contributed by atoms with Gasteiger partial charge in [-0.2, -0.15) is 0 Å². The van der Waals surface area contributed by atoms with Crippen LogP contribution < -0.4 is 0 Å². The lowest BCUT2D eigenvalue weighted by molar-refractivity contribution is 0.617. The van der Waals surface area contributed by atoms with Gasteiger partial charge in [-0.05, 0) is 24.6 Å². The summed E-state index contributed by atoms with van der Waals surface area (Å²) in [6, 6.07) is 3.24. The molecule has 0 unspecified atom stereocenters. The van der Waals surface area contributed by atoms with E-state index in [2.05, 4.69) is 15.9 Å². The van der Waals surface area contributed by atoms with Gasteiger partial charge in [-0.15, -0.1) is 0 Å². The zero-order chi connectivity index (χ0) is 8.43. The Hall–Kier alpha value is -0.0800. The van der Waals surface area contributed by atoms with E-state index in [1.165, 1.54) is 6.07 Å². The van der Waals surface area contributed by atoms with Crippen LogP contribution in [-0.2, 0) is 5.33 Å². The molecule has 0 aliphatic carbocycles. The fraction of sp³-hybridized carbons (Fsp3) is 0.250. The van der Waals surface area contributed by atoms with Gasteiger partial charge in [-0.25, -0.2) is 4.39 Å². The SMILES string of the molecule is Cc1c(F)cc(CBr)cc1Cl. The maximum Gasteiger partial charge on any atom is 0.127 e. The summed E-state index contributed by atoms with van der Waals surface area (Å²) in [7, 11) is 0. The molecule has 0 aromatic heterocycles. The molecule has 0 spiro atoms. The van der Waals surface area contributed by atoms with Crippen molar-refractivity contribution in [3.05, 3.63) is 34.1 Å². The third-order valence-corrected chi connectivity index (χ3v) is 2.54. The van der Waals surface area contributed by atoms with Crippen LogP contribution in [0.3, 0.4) is 0 Å². The van der Waals surface area contributed by atoms with Crippen molar-refractivity contribution in [2.75, 3.05) is 0 Å². The number of benzene rings is 1. The van der Waals surface area contributed by atoms with E-state index in [9.17, 15) is 4.39 Å². The summed E-state index contributed by atoms with van der Waals surface area (Å²) in [5.41, 5.74) is 1.37. The van der Waals surface area contributed by atoms with Gasteiger partial charge in [0, 0.05) is 15.9 Å². The summed E-state index contributed by atoms with van der Waals surface area (Å²) in [5, 5.41) is 1.11. The van der Waals surface area contributed by atoms with Gasteiger partial charge in [0.2, 0.25) is 0 Å². The molecule has 0 amide bonds. The molecule has 0 saturated carbocycles. The first-order valence-corrected chi connectivity index (χ1v) is 4.65. The average Bonchev–Trinajstić information content (AvgIpc) is 1.99. The van der Waals surface area contributed by atoms with Crippen LogP contribution in [0.4, 0.5) is 4.39 Å². The highest BCUT2D eigenvalue weighted by Gasteiger charge is 2.03. The van der Waals surface area contributed by atoms with Crippen LogP contribution >= 0.6 is 27.5 Å². The Bertz CT molecular complexity index is 250. The van der Waals surface area contributed by atoms with Crippen LogP contribution in [0.2, 0.25) is 5.02 Å². The molecule has 0 aliphatic heterocycles. The average molecular weight is 237 g/mol. The predicted molar refractivity (Wildman–Crippen MR) is 48.8 cm³/mol. The molecule has 1 aromatic carbocycles. The Morgan fingerprint density at radius 3 is 2.64 bits per heavy atom. The molecule has 0 bridgehead atoms. The van der Waals surface area contributed by atoms with E-state index < -0.39 is 0 Å². The van der Waals surface area contributed by atoms with Gasteiger partial charge >= 0.3 is 0 Å². The van der Waals surface area contributed by atoms with Crippen LogP contribution in [0.15, 0.2) is 12.1 Å². The van der Waals surface area contributed by atoms with Crippen LogP contribution in [0.5, 0.6) is 0 Å². The van der Waals surface area contributed by atoms with Crippen molar-refractivity contribution in [2.24, 2.45) is 0 Å². The second kappa shape index (κ2) is 3.55. The molecular weight excluding hydrogens is 230 g/mol. The van der Waals surface area contributed by atoms with E-state index in [1.54, 1.807) is 13.0 Å². The summed E-state index contributed by atoms with van der Waals surface area (Å²) in [6.07, 6.45) is 0. The molecular formula is C8H7BrClF. The van der Waals surface area contributed by atoms with Crippen molar-refractivity contribution >= 4 is 27.5 Å². The van der Waals surface area contributed by atoms with E-state index in [0.29, 0.717) is 15.9 Å². The molecule has 1 aromatic rings. The van der Waals surface area contributed by atoms with E-state index in [0.717, 1.165) is 5.56 Å². The summed E-state index contributed by atoms with van der Waals surface area (Å²) in [4.78, 5) is 0. The lowest BCUT2D eigenvalue weighted by Crippen LogP contribution is -1.86. The minimum absolute atomic E-state index is 0.244. The molecule has 0 radical (unpaired) electrons. The largest absolute Gasteiger partial charge is 0.207 e. The number of alkyl halides is 1. The van der Waals surface area contributed by atoms with E-state index in [-0.39, 0.29) is 5.82 Å². The second-order valence-electron chi connectivity index (χ2n) is 2.32. The molecule has 0 N–H and O–H groups in total. The van der Waals surface area contributed by atoms with Crippen molar-refractivity contribution < 1.29 is 4.39 Å². The number of rotatable bonds is 1. The zero-order valence-corrected chi connectivity index (χ0v) is 8.34. The number of hydrogen-bond acceptors (Lipinski definition) is 0. The Kier molecular flexibility index (Phi) is 2.90. The van der Waals surface area contributed by atoms with Crippen molar-refractivity contribution in [3.63, 3.8) is 0 Å². The molecule has 0 saturated heterocycles. The smallest absolute Gasteiger partial charge is 0.127 e. The summed E-state index contributed by atoms with van der Waals surface area (Å²) >= 11 is 8.96. The third kappa shape index (κ3) is 1.94. The highest BCUT2D eigenvalue weighted by Crippen LogP contribution is 2.21. The Balaban J connectivity index is 3.21. The zero-order valence-electron chi connectivity index (χ0n) is 6.00. The lowest BCUT2D eigenvalue weighted by Gasteiger charge is -2.01. The first-order chi connectivity index (χ1) is 5.15. The second-order valence-corrected chi connectivity index (χ2v) is 3.29. The Morgan fingerprint density at radius 1 is 1.55 bits per heavy atom. The molecule has 0 heterocycles. The van der Waals surface area contributed by atoms with E-state index in [4.69, 9.17) is 11.6 Å². The van der Waals surface area contributed by atoms with Crippen molar-refractivity contribution in [1.82, 2.24) is 0 Å². The highest BCUT2D eigenvalue weighted by atomic mass is 79.9. The highest BCUT2D eigenvalue weighted by molar-refractivity contribution is 9.08. The standard InChI is InChI=1S/C8H7BrClF/c1-5-7(10)2-6(4-9)3-8(5)11/h2-3H,4H2,1H3. The molecule has 0 atom stereocenters. The van der Waals surface area contributed by atoms with E-state index >= 15 is 0 Å². The van der Waals surface area contributed by atoms with Crippen LogP contribution in [0, 0.1) is 12.7 Å². The molecule has 0 nitrogen and oxygen atoms in total. The number of hydrogen-bond donors (Lipinski definition) is 0. The predicted octanol–water partition coefficient (Wildman–Crippen LogP) is 3.68. The maximum absolute atomic E-state index is 12.9. The van der Waals surface area contributed by atoms with Gasteiger partial charge in [0.15, 0.2) is 0 Å². The summed E-state index contributed by atoms with van der Waals surface area (Å²) in [5.74, 6) is -0.244. The van der Waals surface area contributed by atoms with Crippen molar-refractivity contribution in [3.8, 4) is 0 Å². The van der Waals surface area contributed by atoms with Crippen LogP contribution in [0.25, 0.3) is 0 Å². The molecule has 60 valence electrons. The number of halogens is 3. The van der Waals surface area contributed by atoms with Crippen molar-refractivity contribution in [1.29, 1.82) is 0 Å². The first-order valence-electron chi connectivity index (χ1n) is 3.15. The monoisotopic (exact) mass is 236 g/mol. The molecule has 0 fully saturated rings. The Labute approximate surface area is 78.5 Å². The van der Waals surface area contributed by atoms with Gasteiger partial charge in [0.1, 0.15) is 5.82 Å². The molecule has 11 heavy (non-hydrogen) atoms. The van der Waals surface area contributed by atoms with Gasteiger partial charge in [-0.3, -0.25) is 0 Å². The van der Waals surface area contributed by atoms with Gasteiger partial charge in [0.25, 0.3) is 0 Å². The fourth-order valence-corrected chi connectivity index (χ4v) is 1.33. The summed E-state index contributed by atoms with van der Waals surface area (Å²) in [6.45, 7) is 1.66. The summed E-state index contributed by atoms with van der Waals surface area (Å²) < 4.78 is 12.9. The molecule has 0 aliphatic rings. The topological polar surface area (TPSA) is 0 Å². The van der Waals surface area contributed by atoms with Gasteiger partial charge < -0.3 is 0 Å². The minimum atomic E-state index is -0.244. The van der Waals surface area contributed by atoms with Crippen LogP contribution in [0.1, 0.15) is 11.1 Å². The Morgan fingerprint density at radius 2 is 2.18 bits per heavy atom. The van der Waals surface area contributed by atoms with Crippen LogP contribution in [-0.4, -0.2) is 0 Å². The third-order valence-electron chi connectivity index (χ3n) is 1.50. The quantitative estimate of drug-likeness (QED) is 0.654. The minimum Gasteiger partial charge on any atom is -0.207 e. The molecule has 3 heteroatoms. The van der Waals surface area contributed by atoms with Crippen molar-refractivity contribution in [2.45, 2.75) is 12.3 Å². The lowest BCUT2D eigenvalue weighted by atomic mass is 10.1. The van der Waals surface area contributed by atoms with Gasteiger partial charge in [0.05, 0.1) is 0 Å².